The number of aliphatic carboxylic acids is 1. The second kappa shape index (κ2) is 8.23. The molecule has 0 amide bonds. The fourth-order valence-corrected chi connectivity index (χ4v) is 6.78. The van der Waals surface area contributed by atoms with E-state index in [9.17, 15) is 9.90 Å². The highest BCUT2D eigenvalue weighted by molar-refractivity contribution is 6.30. The van der Waals surface area contributed by atoms with E-state index in [1.54, 1.807) is 6.07 Å². The van der Waals surface area contributed by atoms with Crippen molar-refractivity contribution >= 4 is 23.3 Å². The molecule has 3 aliphatic rings. The van der Waals surface area contributed by atoms with Gasteiger partial charge in [0.25, 0.3) is 0 Å². The molecule has 6 heteroatoms. The van der Waals surface area contributed by atoms with Crippen LogP contribution in [-0.2, 0) is 10.2 Å². The van der Waals surface area contributed by atoms with Crippen molar-refractivity contribution in [3.8, 4) is 0 Å². The molecular weight excluding hydrogens is 451 g/mol. The van der Waals surface area contributed by atoms with Crippen LogP contribution in [-0.4, -0.2) is 36.2 Å². The molecule has 2 aromatic carbocycles. The Hall–Kier alpha value is -2.11. The summed E-state index contributed by atoms with van der Waals surface area (Å²) in [5.41, 5.74) is 4.05. The number of aryl methyl sites for hydroxylation is 1. The molecule has 182 valence electrons. The van der Waals surface area contributed by atoms with Crippen LogP contribution in [0, 0.1) is 24.1 Å². The summed E-state index contributed by atoms with van der Waals surface area (Å²) >= 11 is 6.25. The van der Waals surface area contributed by atoms with Gasteiger partial charge in [0, 0.05) is 42.2 Å². The third kappa shape index (κ3) is 3.72. The number of rotatable bonds is 4. The fourth-order valence-electron chi connectivity index (χ4n) is 6.60. The van der Waals surface area contributed by atoms with Gasteiger partial charge in [0.2, 0.25) is 0 Å². The zero-order valence-electron chi connectivity index (χ0n) is 20.4. The summed E-state index contributed by atoms with van der Waals surface area (Å²) in [5.74, 6) is -1.38. The van der Waals surface area contributed by atoms with Gasteiger partial charge in [-0.05, 0) is 60.4 Å². The lowest BCUT2D eigenvalue weighted by molar-refractivity contribution is -0.145. The number of hydrogen-bond donors (Lipinski definition) is 2. The van der Waals surface area contributed by atoms with E-state index in [1.807, 2.05) is 12.1 Å². The molecule has 1 aliphatic carbocycles. The van der Waals surface area contributed by atoms with E-state index in [4.69, 9.17) is 11.6 Å². The van der Waals surface area contributed by atoms with Gasteiger partial charge in [0.05, 0.1) is 10.9 Å². The number of carboxylic acid groups (broad SMARTS) is 1. The molecular formula is C28H34ClFN2O2. The molecule has 1 spiro atoms. The van der Waals surface area contributed by atoms with Gasteiger partial charge in [-0.3, -0.25) is 4.79 Å². The number of nitrogens with zero attached hydrogens (tertiary/aromatic N) is 1. The summed E-state index contributed by atoms with van der Waals surface area (Å²) in [6.07, 6.45) is 2.27. The van der Waals surface area contributed by atoms with Crippen LogP contribution < -0.4 is 10.2 Å². The minimum absolute atomic E-state index is 0.0691. The Morgan fingerprint density at radius 1 is 1.26 bits per heavy atom. The van der Waals surface area contributed by atoms with E-state index in [-0.39, 0.29) is 45.6 Å². The van der Waals surface area contributed by atoms with Crippen LogP contribution in [0.15, 0.2) is 36.4 Å². The van der Waals surface area contributed by atoms with Gasteiger partial charge in [-0.1, -0.05) is 56.6 Å². The Balaban J connectivity index is 1.64. The number of carbonyl (C=O) groups is 1. The molecule has 2 aromatic rings. The average molecular weight is 485 g/mol. The monoisotopic (exact) mass is 484 g/mol. The topological polar surface area (TPSA) is 52.6 Å². The maximum Gasteiger partial charge on any atom is 0.306 e. The van der Waals surface area contributed by atoms with E-state index in [1.165, 1.54) is 16.8 Å². The van der Waals surface area contributed by atoms with Crippen LogP contribution >= 0.6 is 11.6 Å². The number of anilines is 1. The normalized spacial score (nSPS) is 30.5. The first-order valence-corrected chi connectivity index (χ1v) is 12.7. The van der Waals surface area contributed by atoms with E-state index in [2.05, 4.69) is 56.1 Å². The van der Waals surface area contributed by atoms with Crippen LogP contribution in [0.5, 0.6) is 0 Å². The largest absolute Gasteiger partial charge is 0.481 e. The van der Waals surface area contributed by atoms with Gasteiger partial charge in [-0.15, -0.1) is 0 Å². The van der Waals surface area contributed by atoms with Crippen molar-refractivity contribution in [2.24, 2.45) is 11.3 Å². The van der Waals surface area contributed by atoms with Crippen LogP contribution in [0.4, 0.5) is 10.1 Å². The highest BCUT2D eigenvalue weighted by Crippen LogP contribution is 2.57. The number of hydrogen-bond acceptors (Lipinski definition) is 3. The molecule has 0 aromatic heterocycles. The number of nitrogens with one attached hydrogen (secondary N) is 1. The third-order valence-corrected chi connectivity index (χ3v) is 8.58. The van der Waals surface area contributed by atoms with E-state index < -0.39 is 5.97 Å². The molecule has 0 unspecified atom stereocenters. The van der Waals surface area contributed by atoms with Crippen molar-refractivity contribution in [2.75, 3.05) is 18.0 Å². The molecule has 1 saturated heterocycles. The Morgan fingerprint density at radius 3 is 2.68 bits per heavy atom. The van der Waals surface area contributed by atoms with Gasteiger partial charge < -0.3 is 15.3 Å². The van der Waals surface area contributed by atoms with Gasteiger partial charge >= 0.3 is 5.97 Å². The highest BCUT2D eigenvalue weighted by Gasteiger charge is 2.59. The fraction of sp³-hybridized carbons (Fsp3) is 0.536. The van der Waals surface area contributed by atoms with Crippen LogP contribution in [0.25, 0.3) is 0 Å². The van der Waals surface area contributed by atoms with Gasteiger partial charge in [0.1, 0.15) is 5.82 Å². The van der Waals surface area contributed by atoms with E-state index in [0.717, 1.165) is 13.0 Å². The van der Waals surface area contributed by atoms with E-state index >= 15 is 4.39 Å². The van der Waals surface area contributed by atoms with Crippen molar-refractivity contribution in [3.05, 3.63) is 63.9 Å². The molecule has 0 bridgehead atoms. The predicted molar refractivity (Wildman–Crippen MR) is 134 cm³/mol. The zero-order chi connectivity index (χ0) is 24.4. The predicted octanol–water partition coefficient (Wildman–Crippen LogP) is 5.90. The summed E-state index contributed by atoms with van der Waals surface area (Å²) in [4.78, 5) is 14.0. The Morgan fingerprint density at radius 2 is 2.00 bits per heavy atom. The summed E-state index contributed by atoms with van der Waals surface area (Å²) in [7, 11) is 0. The summed E-state index contributed by atoms with van der Waals surface area (Å²) in [6, 6.07) is 12.3. The molecule has 5 rings (SSSR count). The standard InChI is InChI=1S/C28H34ClFN2O2/c1-16-8-9-20-23(10-16)32(18-11-17(12-18)26(33)34)15-28(20)21(14-31-24(28)13-27(2,3)4)19-6-5-7-22(29)25(19)30/h5-10,17-18,21,24,31H,11-15H2,1-4H3,(H,33,34)/t17?,18?,21-,24+,28-/m1/s1. The molecule has 0 radical (unpaired) electrons. The van der Waals surface area contributed by atoms with Gasteiger partial charge in [-0.2, -0.15) is 0 Å². The van der Waals surface area contributed by atoms with Gasteiger partial charge in [0.15, 0.2) is 0 Å². The van der Waals surface area contributed by atoms with Crippen LogP contribution in [0.3, 0.4) is 0 Å². The average Bonchev–Trinajstić information content (AvgIpc) is 3.21. The lowest BCUT2D eigenvalue weighted by Crippen LogP contribution is -2.52. The van der Waals surface area contributed by atoms with Crippen LogP contribution in [0.1, 0.15) is 62.6 Å². The summed E-state index contributed by atoms with van der Waals surface area (Å²) < 4.78 is 15.4. The zero-order valence-corrected chi connectivity index (χ0v) is 21.1. The first-order valence-electron chi connectivity index (χ1n) is 12.3. The van der Waals surface area contributed by atoms with Crippen LogP contribution in [0.2, 0.25) is 5.02 Å². The maximum absolute atomic E-state index is 15.4. The third-order valence-electron chi connectivity index (χ3n) is 8.28. The molecule has 2 N–H and O–H groups in total. The van der Waals surface area contributed by atoms with Crippen molar-refractivity contribution in [1.82, 2.24) is 5.32 Å². The minimum atomic E-state index is -0.707. The SMILES string of the molecule is Cc1ccc2c(c1)N(C1CC(C(=O)O)C1)C[C@@]21[C@H](CC(C)(C)C)NC[C@@H]1c1cccc(Cl)c1F. The molecule has 2 heterocycles. The quantitative estimate of drug-likeness (QED) is 0.567. The lowest BCUT2D eigenvalue weighted by atomic mass is 9.64. The number of carboxylic acids is 1. The van der Waals surface area contributed by atoms with Crippen molar-refractivity contribution in [2.45, 2.75) is 70.4 Å². The molecule has 1 saturated carbocycles. The molecule has 3 atom stereocenters. The van der Waals surface area contributed by atoms with Gasteiger partial charge in [-0.25, -0.2) is 4.39 Å². The molecule has 34 heavy (non-hydrogen) atoms. The first-order chi connectivity index (χ1) is 16.0. The smallest absolute Gasteiger partial charge is 0.306 e. The second-order valence-electron chi connectivity index (χ2n) is 11.8. The Bertz CT molecular complexity index is 1120. The summed E-state index contributed by atoms with van der Waals surface area (Å²) in [5, 5.41) is 13.4. The van der Waals surface area contributed by atoms with Crippen molar-refractivity contribution in [1.29, 1.82) is 0 Å². The highest BCUT2D eigenvalue weighted by atomic mass is 35.5. The number of benzene rings is 2. The number of halogens is 2. The van der Waals surface area contributed by atoms with E-state index in [0.29, 0.717) is 24.9 Å². The Kier molecular flexibility index (Phi) is 5.72. The maximum atomic E-state index is 15.4. The minimum Gasteiger partial charge on any atom is -0.481 e. The molecule has 2 aliphatic heterocycles. The first kappa shape index (κ1) is 23.6. The number of fused-ring (bicyclic) bond motifs is 2. The van der Waals surface area contributed by atoms with Crippen molar-refractivity contribution in [3.63, 3.8) is 0 Å². The second-order valence-corrected chi connectivity index (χ2v) is 12.2. The summed E-state index contributed by atoms with van der Waals surface area (Å²) in [6.45, 7) is 10.3. The van der Waals surface area contributed by atoms with Crippen molar-refractivity contribution < 1.29 is 14.3 Å². The Labute approximate surface area is 206 Å². The molecule has 4 nitrogen and oxygen atoms in total. The molecule has 2 fully saturated rings. The lowest BCUT2D eigenvalue weighted by Gasteiger charge is -2.44.